The van der Waals surface area contributed by atoms with Crippen molar-refractivity contribution in [1.82, 2.24) is 24.7 Å². The van der Waals surface area contributed by atoms with Crippen molar-refractivity contribution in [3.63, 3.8) is 0 Å². The molecule has 1 aromatic heterocycles. The fraction of sp³-hybridized carbons (Fsp3) is 0.750. The van der Waals surface area contributed by atoms with E-state index in [1.165, 1.54) is 32.1 Å². The molecule has 1 saturated carbocycles. The number of carbonyl (C=O) groups is 2. The predicted octanol–water partition coefficient (Wildman–Crippen LogP) is 0.512. The number of nitrogens with zero attached hydrogens (tertiary/aromatic N) is 4. The second kappa shape index (κ2) is 10.0. The van der Waals surface area contributed by atoms with Gasteiger partial charge in [-0.05, 0) is 18.8 Å². The Balaban J connectivity index is 1.64. The summed E-state index contributed by atoms with van der Waals surface area (Å²) >= 11 is 0. The van der Waals surface area contributed by atoms with Gasteiger partial charge >= 0.3 is 0 Å². The average Bonchev–Trinajstić information content (AvgIpc) is 3.09. The van der Waals surface area contributed by atoms with Crippen molar-refractivity contribution in [3.8, 4) is 0 Å². The van der Waals surface area contributed by atoms with Gasteiger partial charge in [-0.15, -0.1) is 0 Å². The Morgan fingerprint density at radius 3 is 2.82 bits per heavy atom. The molecule has 3 rings (SSSR count). The number of amides is 2. The number of hydrogen-bond acceptors (Lipinski definition) is 5. The van der Waals surface area contributed by atoms with Gasteiger partial charge in [0.2, 0.25) is 11.8 Å². The molecule has 1 aromatic rings. The lowest BCUT2D eigenvalue weighted by Crippen LogP contribution is -2.57. The number of aliphatic hydroxyl groups excluding tert-OH is 1. The SMILES string of the molecule is Cn1ccnc1CN(CCO)C(=O)C[C@H]1C(=O)NCCN1CC1CCCCC1. The van der Waals surface area contributed by atoms with Gasteiger partial charge in [0.05, 0.1) is 25.6 Å². The topological polar surface area (TPSA) is 90.7 Å². The summed E-state index contributed by atoms with van der Waals surface area (Å²) in [6.45, 7) is 2.79. The van der Waals surface area contributed by atoms with Crippen LogP contribution >= 0.6 is 0 Å². The van der Waals surface area contributed by atoms with Gasteiger partial charge < -0.3 is 19.9 Å². The molecule has 2 amide bonds. The molecule has 2 heterocycles. The molecule has 8 heteroatoms. The second-order valence-electron chi connectivity index (χ2n) is 8.00. The van der Waals surface area contributed by atoms with Gasteiger partial charge in [0.25, 0.3) is 0 Å². The number of aliphatic hydroxyl groups is 1. The van der Waals surface area contributed by atoms with Crippen LogP contribution in [0, 0.1) is 5.92 Å². The summed E-state index contributed by atoms with van der Waals surface area (Å²) < 4.78 is 1.86. The number of aryl methyl sites for hydroxylation is 1. The molecule has 2 fully saturated rings. The molecule has 0 bridgehead atoms. The first-order valence-electron chi connectivity index (χ1n) is 10.4. The van der Waals surface area contributed by atoms with Crippen LogP contribution in [-0.4, -0.2) is 75.1 Å². The van der Waals surface area contributed by atoms with E-state index in [1.54, 1.807) is 11.1 Å². The third-order valence-corrected chi connectivity index (χ3v) is 6.00. The molecule has 0 radical (unpaired) electrons. The van der Waals surface area contributed by atoms with Gasteiger partial charge in [-0.3, -0.25) is 14.5 Å². The number of aromatic nitrogens is 2. The molecule has 1 aliphatic carbocycles. The highest BCUT2D eigenvalue weighted by molar-refractivity contribution is 5.88. The van der Waals surface area contributed by atoms with Gasteiger partial charge in [0, 0.05) is 45.6 Å². The van der Waals surface area contributed by atoms with E-state index in [1.807, 2.05) is 17.8 Å². The molecule has 0 unspecified atom stereocenters. The van der Waals surface area contributed by atoms with E-state index >= 15 is 0 Å². The molecular weight excluding hydrogens is 358 g/mol. The van der Waals surface area contributed by atoms with E-state index < -0.39 is 6.04 Å². The third kappa shape index (κ3) is 5.32. The molecule has 0 spiro atoms. The van der Waals surface area contributed by atoms with Crippen molar-refractivity contribution in [3.05, 3.63) is 18.2 Å². The van der Waals surface area contributed by atoms with Gasteiger partial charge in [0.1, 0.15) is 5.82 Å². The number of piperazine rings is 1. The number of carbonyl (C=O) groups excluding carboxylic acids is 2. The van der Waals surface area contributed by atoms with E-state index in [-0.39, 0.29) is 31.4 Å². The van der Waals surface area contributed by atoms with Crippen LogP contribution in [-0.2, 0) is 23.2 Å². The van der Waals surface area contributed by atoms with E-state index in [9.17, 15) is 14.7 Å². The molecule has 8 nitrogen and oxygen atoms in total. The largest absolute Gasteiger partial charge is 0.395 e. The van der Waals surface area contributed by atoms with Gasteiger partial charge in [-0.25, -0.2) is 4.98 Å². The summed E-state index contributed by atoms with van der Waals surface area (Å²) in [6, 6.07) is -0.425. The Morgan fingerprint density at radius 2 is 2.14 bits per heavy atom. The van der Waals surface area contributed by atoms with Crippen molar-refractivity contribution in [2.45, 2.75) is 51.1 Å². The van der Waals surface area contributed by atoms with Gasteiger partial charge in [-0.2, -0.15) is 0 Å². The third-order valence-electron chi connectivity index (χ3n) is 6.00. The lowest BCUT2D eigenvalue weighted by molar-refractivity contribution is -0.140. The molecule has 156 valence electrons. The Hall–Kier alpha value is -1.93. The summed E-state index contributed by atoms with van der Waals surface area (Å²) in [5.41, 5.74) is 0. The zero-order chi connectivity index (χ0) is 19.9. The summed E-state index contributed by atoms with van der Waals surface area (Å²) in [5.74, 6) is 1.21. The smallest absolute Gasteiger partial charge is 0.237 e. The number of hydrogen-bond donors (Lipinski definition) is 2. The van der Waals surface area contributed by atoms with Crippen LogP contribution in [0.5, 0.6) is 0 Å². The molecule has 0 aromatic carbocycles. The Labute approximate surface area is 166 Å². The summed E-state index contributed by atoms with van der Waals surface area (Å²) in [5, 5.41) is 12.3. The van der Waals surface area contributed by atoms with Crippen LogP contribution in [0.4, 0.5) is 0 Å². The van der Waals surface area contributed by atoms with Crippen molar-refractivity contribution in [1.29, 1.82) is 0 Å². The second-order valence-corrected chi connectivity index (χ2v) is 8.00. The Kier molecular flexibility index (Phi) is 7.44. The number of rotatable bonds is 8. The van der Waals surface area contributed by atoms with Crippen LogP contribution in [0.15, 0.2) is 12.4 Å². The van der Waals surface area contributed by atoms with Crippen molar-refractivity contribution >= 4 is 11.8 Å². The minimum atomic E-state index is -0.425. The molecule has 1 atom stereocenters. The first kappa shape index (κ1) is 20.8. The fourth-order valence-electron chi connectivity index (χ4n) is 4.33. The predicted molar refractivity (Wildman–Crippen MR) is 105 cm³/mol. The van der Waals surface area contributed by atoms with Crippen LogP contribution < -0.4 is 5.32 Å². The fourth-order valence-corrected chi connectivity index (χ4v) is 4.33. The number of nitrogens with one attached hydrogen (secondary N) is 1. The van der Waals surface area contributed by atoms with Crippen LogP contribution in [0.25, 0.3) is 0 Å². The molecule has 1 saturated heterocycles. The molecule has 1 aliphatic heterocycles. The average molecular weight is 392 g/mol. The van der Waals surface area contributed by atoms with Crippen LogP contribution in [0.2, 0.25) is 0 Å². The maximum absolute atomic E-state index is 13.0. The highest BCUT2D eigenvalue weighted by atomic mass is 16.3. The molecular formula is C20H33N5O3. The highest BCUT2D eigenvalue weighted by Crippen LogP contribution is 2.26. The Bertz CT molecular complexity index is 656. The standard InChI is InChI=1S/C20H33N5O3/c1-23-9-7-21-18(23)15-25(11-12-26)19(27)13-17-20(28)22-8-10-24(17)14-16-5-3-2-4-6-16/h7,9,16-17,26H,2-6,8,10-15H2,1H3,(H,22,28)/t17-/m0/s1. The summed E-state index contributed by atoms with van der Waals surface area (Å²) in [4.78, 5) is 33.6. The normalized spacial score (nSPS) is 21.5. The van der Waals surface area contributed by atoms with Gasteiger partial charge in [-0.1, -0.05) is 19.3 Å². The minimum absolute atomic E-state index is 0.0589. The monoisotopic (exact) mass is 391 g/mol. The zero-order valence-corrected chi connectivity index (χ0v) is 16.8. The molecule has 2 aliphatic rings. The quantitative estimate of drug-likeness (QED) is 0.674. The summed E-state index contributed by atoms with van der Waals surface area (Å²) in [7, 11) is 1.88. The summed E-state index contributed by atoms with van der Waals surface area (Å²) in [6.07, 6.45) is 9.94. The first-order chi connectivity index (χ1) is 13.6. The van der Waals surface area contributed by atoms with E-state index in [0.29, 0.717) is 19.0 Å². The maximum atomic E-state index is 13.0. The van der Waals surface area contributed by atoms with Crippen LogP contribution in [0.3, 0.4) is 0 Å². The lowest BCUT2D eigenvalue weighted by Gasteiger charge is -2.38. The van der Waals surface area contributed by atoms with Crippen molar-refractivity contribution in [2.24, 2.45) is 13.0 Å². The first-order valence-corrected chi connectivity index (χ1v) is 10.4. The van der Waals surface area contributed by atoms with Crippen molar-refractivity contribution in [2.75, 3.05) is 32.8 Å². The Morgan fingerprint density at radius 1 is 1.36 bits per heavy atom. The van der Waals surface area contributed by atoms with E-state index in [4.69, 9.17) is 0 Å². The highest BCUT2D eigenvalue weighted by Gasteiger charge is 2.34. The lowest BCUT2D eigenvalue weighted by atomic mass is 9.88. The van der Waals surface area contributed by atoms with E-state index in [0.717, 1.165) is 18.9 Å². The van der Waals surface area contributed by atoms with Gasteiger partial charge in [0.15, 0.2) is 0 Å². The zero-order valence-electron chi connectivity index (χ0n) is 16.8. The minimum Gasteiger partial charge on any atom is -0.395 e. The number of imidazole rings is 1. The van der Waals surface area contributed by atoms with Crippen LogP contribution in [0.1, 0.15) is 44.3 Å². The van der Waals surface area contributed by atoms with E-state index in [2.05, 4.69) is 15.2 Å². The van der Waals surface area contributed by atoms with Crippen molar-refractivity contribution < 1.29 is 14.7 Å². The molecule has 2 N–H and O–H groups in total. The molecule has 28 heavy (non-hydrogen) atoms. The maximum Gasteiger partial charge on any atom is 0.237 e.